The quantitative estimate of drug-likeness (QED) is 0.675. The lowest BCUT2D eigenvalue weighted by molar-refractivity contribution is -0.144. The molecule has 1 aliphatic carbocycles. The van der Waals surface area contributed by atoms with Crippen LogP contribution in [0.3, 0.4) is 0 Å². The van der Waals surface area contributed by atoms with Gasteiger partial charge in [-0.25, -0.2) is 9.59 Å². The number of aromatic carboxylic acids is 1. The van der Waals surface area contributed by atoms with Crippen LogP contribution in [0, 0.1) is 5.92 Å². The lowest BCUT2D eigenvalue weighted by Gasteiger charge is -2.24. The molecule has 8 heteroatoms. The number of hydrogen-bond acceptors (Lipinski definition) is 5. The lowest BCUT2D eigenvalue weighted by atomic mass is 10.0. The molecule has 1 fully saturated rings. The predicted octanol–water partition coefficient (Wildman–Crippen LogP) is 3.95. The molecule has 1 atom stereocenters. The minimum Gasteiger partial charge on any atom is -0.478 e. The van der Waals surface area contributed by atoms with Crippen LogP contribution in [-0.4, -0.2) is 35.3 Å². The molecule has 0 aliphatic heterocycles. The maximum atomic E-state index is 12.1. The van der Waals surface area contributed by atoms with Gasteiger partial charge in [-0.3, -0.25) is 4.79 Å². The molecule has 0 unspecified atom stereocenters. The van der Waals surface area contributed by atoms with Crippen molar-refractivity contribution in [2.75, 3.05) is 6.61 Å². The van der Waals surface area contributed by atoms with Crippen LogP contribution >= 0.6 is 11.6 Å². The Balaban J connectivity index is 2.14. The van der Waals surface area contributed by atoms with Gasteiger partial charge in [-0.05, 0) is 57.2 Å². The molecule has 1 aliphatic rings. The van der Waals surface area contributed by atoms with E-state index in [-0.39, 0.29) is 23.2 Å². The second kappa shape index (κ2) is 8.61. The maximum absolute atomic E-state index is 12.1. The summed E-state index contributed by atoms with van der Waals surface area (Å²) in [6.07, 6.45) is 1.69. The van der Waals surface area contributed by atoms with Gasteiger partial charge in [-0.1, -0.05) is 17.7 Å². The third-order valence-corrected chi connectivity index (χ3v) is 4.21. The molecule has 2 N–H and O–H groups in total. The van der Waals surface area contributed by atoms with E-state index in [1.54, 1.807) is 26.8 Å². The van der Waals surface area contributed by atoms with E-state index in [1.807, 2.05) is 0 Å². The Hall–Kier alpha value is -2.28. The Morgan fingerprint density at radius 1 is 1.30 bits per heavy atom. The highest BCUT2D eigenvalue weighted by Crippen LogP contribution is 2.32. The molecule has 0 spiro atoms. The molecule has 1 saturated carbocycles. The average Bonchev–Trinajstić information content (AvgIpc) is 3.33. The summed E-state index contributed by atoms with van der Waals surface area (Å²) in [4.78, 5) is 35.4. The largest absolute Gasteiger partial charge is 0.478 e. The van der Waals surface area contributed by atoms with Gasteiger partial charge in [0.15, 0.2) is 0 Å². The minimum atomic E-state index is -1.19. The van der Waals surface area contributed by atoms with E-state index in [0.29, 0.717) is 17.9 Å². The summed E-state index contributed by atoms with van der Waals surface area (Å²) in [5.41, 5.74) is -0.361. The Kier molecular flexibility index (Phi) is 6.70. The first-order valence-corrected chi connectivity index (χ1v) is 9.11. The number of carboxylic acids is 1. The molecule has 7 nitrogen and oxygen atoms in total. The molecular weight excluding hydrogens is 374 g/mol. The fraction of sp³-hybridized carbons (Fsp3) is 0.526. The Bertz CT molecular complexity index is 723. The topological polar surface area (TPSA) is 102 Å². The van der Waals surface area contributed by atoms with E-state index in [2.05, 4.69) is 5.32 Å². The molecule has 0 bridgehead atoms. The number of halogens is 1. The van der Waals surface area contributed by atoms with Crippen molar-refractivity contribution in [3.05, 3.63) is 34.3 Å². The van der Waals surface area contributed by atoms with Gasteiger partial charge in [0, 0.05) is 6.42 Å². The summed E-state index contributed by atoms with van der Waals surface area (Å²) in [7, 11) is 0. The van der Waals surface area contributed by atoms with E-state index in [4.69, 9.17) is 21.1 Å². The smallest absolute Gasteiger partial charge is 0.408 e. The van der Waals surface area contributed by atoms with Crippen LogP contribution < -0.4 is 5.32 Å². The minimum absolute atomic E-state index is 0.0768. The van der Waals surface area contributed by atoms with Crippen LogP contribution in [0.4, 0.5) is 4.79 Å². The van der Waals surface area contributed by atoms with Crippen LogP contribution in [0.5, 0.6) is 0 Å². The van der Waals surface area contributed by atoms with Gasteiger partial charge in [-0.15, -0.1) is 0 Å². The number of amides is 1. The van der Waals surface area contributed by atoms with E-state index in [0.717, 1.165) is 12.8 Å². The van der Waals surface area contributed by atoms with E-state index >= 15 is 0 Å². The predicted molar refractivity (Wildman–Crippen MR) is 98.8 cm³/mol. The number of carboxylic acid groups (broad SMARTS) is 1. The maximum Gasteiger partial charge on any atom is 0.408 e. The van der Waals surface area contributed by atoms with Gasteiger partial charge in [0.1, 0.15) is 12.2 Å². The van der Waals surface area contributed by atoms with Crippen molar-refractivity contribution in [1.29, 1.82) is 0 Å². The van der Waals surface area contributed by atoms with Crippen LogP contribution in [0.2, 0.25) is 5.02 Å². The zero-order valence-electron chi connectivity index (χ0n) is 15.6. The summed E-state index contributed by atoms with van der Waals surface area (Å²) >= 11 is 5.90. The van der Waals surface area contributed by atoms with Gasteiger partial charge in [0.2, 0.25) is 0 Å². The number of carbonyl (C=O) groups excluding carboxylic acids is 2. The number of alkyl carbamates (subject to hydrolysis) is 1. The number of carbonyl (C=O) groups is 3. The van der Waals surface area contributed by atoms with E-state index in [1.165, 1.54) is 12.1 Å². The molecule has 1 aromatic carbocycles. The van der Waals surface area contributed by atoms with Gasteiger partial charge in [0.05, 0.1) is 16.6 Å². The van der Waals surface area contributed by atoms with Gasteiger partial charge >= 0.3 is 18.0 Å². The SMILES string of the molecule is CC(C)(C)OC(=O)N[C@H](COC(=O)CC1CC1)c1ccc(Cl)c(C(=O)O)c1. The fourth-order valence-corrected chi connectivity index (χ4v) is 2.59. The Labute approximate surface area is 163 Å². The summed E-state index contributed by atoms with van der Waals surface area (Å²) in [6, 6.07) is 3.58. The first kappa shape index (κ1) is 21.0. The highest BCUT2D eigenvalue weighted by atomic mass is 35.5. The molecule has 27 heavy (non-hydrogen) atoms. The van der Waals surface area contributed by atoms with Crippen LogP contribution in [0.15, 0.2) is 18.2 Å². The number of nitrogens with one attached hydrogen (secondary N) is 1. The number of ether oxygens (including phenoxy) is 2. The van der Waals surface area contributed by atoms with Crippen LogP contribution in [0.25, 0.3) is 0 Å². The molecule has 1 amide bonds. The van der Waals surface area contributed by atoms with Crippen molar-refractivity contribution in [2.24, 2.45) is 5.92 Å². The first-order valence-electron chi connectivity index (χ1n) is 8.73. The van der Waals surface area contributed by atoms with Crippen LogP contribution in [-0.2, 0) is 14.3 Å². The monoisotopic (exact) mass is 397 g/mol. The normalized spacial score (nSPS) is 15.0. The zero-order valence-corrected chi connectivity index (χ0v) is 16.3. The van der Waals surface area contributed by atoms with E-state index < -0.39 is 23.7 Å². The summed E-state index contributed by atoms with van der Waals surface area (Å²) < 4.78 is 10.5. The average molecular weight is 398 g/mol. The van der Waals surface area contributed by atoms with Crippen molar-refractivity contribution in [3.63, 3.8) is 0 Å². The van der Waals surface area contributed by atoms with Crippen molar-refractivity contribution in [2.45, 2.75) is 51.7 Å². The summed E-state index contributed by atoms with van der Waals surface area (Å²) in [6.45, 7) is 5.04. The van der Waals surface area contributed by atoms with Crippen molar-refractivity contribution >= 4 is 29.6 Å². The van der Waals surface area contributed by atoms with E-state index in [9.17, 15) is 19.5 Å². The third kappa shape index (κ3) is 7.09. The number of esters is 1. The molecule has 1 aromatic rings. The first-order chi connectivity index (χ1) is 12.5. The summed E-state index contributed by atoms with van der Waals surface area (Å²) in [5.74, 6) is -1.16. The third-order valence-electron chi connectivity index (χ3n) is 3.88. The number of benzene rings is 1. The van der Waals surface area contributed by atoms with Crippen molar-refractivity contribution in [3.8, 4) is 0 Å². The molecule has 2 rings (SSSR count). The van der Waals surface area contributed by atoms with Gasteiger partial charge < -0.3 is 19.9 Å². The van der Waals surface area contributed by atoms with Crippen molar-refractivity contribution in [1.82, 2.24) is 5.32 Å². The second-order valence-corrected chi connectivity index (χ2v) is 7.98. The molecule has 0 radical (unpaired) electrons. The highest BCUT2D eigenvalue weighted by Gasteiger charge is 2.27. The lowest BCUT2D eigenvalue weighted by Crippen LogP contribution is -2.37. The van der Waals surface area contributed by atoms with Crippen LogP contribution in [0.1, 0.15) is 62.0 Å². The molecule has 148 valence electrons. The standard InChI is InChI=1S/C19H24ClNO6/c1-19(2,3)27-18(25)21-15(10-26-16(22)8-11-4-5-11)12-6-7-14(20)13(9-12)17(23)24/h6-7,9,11,15H,4-5,8,10H2,1-3H3,(H,21,25)(H,23,24)/t15-/m1/s1. The molecule has 0 aromatic heterocycles. The number of rotatable bonds is 7. The molecule has 0 saturated heterocycles. The van der Waals surface area contributed by atoms with Gasteiger partial charge in [0.25, 0.3) is 0 Å². The molecular formula is C19H24ClNO6. The Morgan fingerprint density at radius 2 is 1.96 bits per heavy atom. The van der Waals surface area contributed by atoms with Gasteiger partial charge in [-0.2, -0.15) is 0 Å². The summed E-state index contributed by atoms with van der Waals surface area (Å²) in [5, 5.41) is 12.0. The fourth-order valence-electron chi connectivity index (χ4n) is 2.39. The highest BCUT2D eigenvalue weighted by molar-refractivity contribution is 6.33. The molecule has 0 heterocycles. The zero-order chi connectivity index (χ0) is 20.2. The Morgan fingerprint density at radius 3 is 2.52 bits per heavy atom. The second-order valence-electron chi connectivity index (χ2n) is 7.57. The van der Waals surface area contributed by atoms with Crippen molar-refractivity contribution < 1.29 is 29.0 Å². The number of hydrogen-bond donors (Lipinski definition) is 2.